The molecule has 2 aliphatic heterocycles. The van der Waals surface area contributed by atoms with Crippen molar-refractivity contribution >= 4 is 6.03 Å². The Kier molecular flexibility index (Phi) is 2.99. The van der Waals surface area contributed by atoms with E-state index in [9.17, 15) is 4.79 Å². The van der Waals surface area contributed by atoms with Crippen LogP contribution in [0.5, 0.6) is 0 Å². The van der Waals surface area contributed by atoms with Gasteiger partial charge < -0.3 is 20.1 Å². The van der Waals surface area contributed by atoms with Gasteiger partial charge >= 0.3 is 6.03 Å². The molecule has 3 heterocycles. The number of H-pyrrole nitrogens is 1. The average Bonchev–Trinajstić information content (AvgIpc) is 3.07. The number of nitrogens with one attached hydrogen (secondary N) is 2. The van der Waals surface area contributed by atoms with Crippen LogP contribution in [-0.4, -0.2) is 54.0 Å². The van der Waals surface area contributed by atoms with Crippen molar-refractivity contribution in [2.45, 2.75) is 12.5 Å². The van der Waals surface area contributed by atoms with Crippen LogP contribution in [-0.2, 0) is 0 Å². The molecule has 1 aromatic rings. The van der Waals surface area contributed by atoms with Gasteiger partial charge in [-0.2, -0.15) is 0 Å². The molecule has 2 N–H and O–H groups in total. The molecule has 2 atom stereocenters. The fraction of sp³-hybridized carbons (Fsp3) is 0.615. The van der Waals surface area contributed by atoms with Crippen LogP contribution in [0, 0.1) is 5.92 Å². The number of hydrogen-bond donors (Lipinski definition) is 2. The Bertz CT molecular complexity index is 411. The Morgan fingerprint density at radius 3 is 3.06 bits per heavy atom. The van der Waals surface area contributed by atoms with E-state index in [0.717, 1.165) is 26.2 Å². The zero-order valence-corrected chi connectivity index (χ0v) is 10.7. The molecule has 2 unspecified atom stereocenters. The summed E-state index contributed by atoms with van der Waals surface area (Å²) in [6.07, 6.45) is 5.08. The molecule has 0 aliphatic carbocycles. The summed E-state index contributed by atoms with van der Waals surface area (Å²) in [6.45, 7) is 3.83. The van der Waals surface area contributed by atoms with E-state index in [1.807, 2.05) is 29.2 Å². The molecule has 0 radical (unpaired) electrons. The molecule has 18 heavy (non-hydrogen) atoms. The van der Waals surface area contributed by atoms with Crippen molar-refractivity contribution in [1.29, 1.82) is 0 Å². The van der Waals surface area contributed by atoms with Crippen LogP contribution in [0.1, 0.15) is 18.0 Å². The Labute approximate surface area is 107 Å². The normalized spacial score (nSPS) is 28.4. The molecule has 0 aromatic carbocycles. The number of hydrogen-bond acceptors (Lipinski definition) is 2. The number of urea groups is 1. The maximum Gasteiger partial charge on any atom is 0.320 e. The minimum atomic E-state index is 0.160. The molecule has 0 bridgehead atoms. The molecule has 2 amide bonds. The summed E-state index contributed by atoms with van der Waals surface area (Å²) in [5, 5.41) is 3.35. The lowest BCUT2D eigenvalue weighted by atomic mass is 10.1. The number of amides is 2. The van der Waals surface area contributed by atoms with Gasteiger partial charge in [0.05, 0.1) is 6.04 Å². The maximum absolute atomic E-state index is 12.2. The van der Waals surface area contributed by atoms with E-state index in [4.69, 9.17) is 0 Å². The van der Waals surface area contributed by atoms with Gasteiger partial charge in [-0.25, -0.2) is 4.79 Å². The lowest BCUT2D eigenvalue weighted by Crippen LogP contribution is -2.34. The summed E-state index contributed by atoms with van der Waals surface area (Å²) < 4.78 is 0. The number of carbonyl (C=O) groups excluding carboxylic acids is 1. The van der Waals surface area contributed by atoms with E-state index in [1.165, 1.54) is 12.0 Å². The number of rotatable bonds is 3. The molecule has 5 heteroatoms. The van der Waals surface area contributed by atoms with Gasteiger partial charge in [0.1, 0.15) is 0 Å². The molecule has 0 saturated carbocycles. The first-order chi connectivity index (χ1) is 8.75. The van der Waals surface area contributed by atoms with Gasteiger partial charge in [0, 0.05) is 32.5 Å². The molecule has 5 nitrogen and oxygen atoms in total. The van der Waals surface area contributed by atoms with Gasteiger partial charge in [-0.1, -0.05) is 0 Å². The molecule has 0 spiro atoms. The number of carbonyl (C=O) groups is 1. The minimum Gasteiger partial charge on any atom is -0.367 e. The third-order valence-electron chi connectivity index (χ3n) is 4.08. The highest BCUT2D eigenvalue weighted by atomic mass is 16.2. The molecule has 2 fully saturated rings. The quantitative estimate of drug-likeness (QED) is 0.839. The summed E-state index contributed by atoms with van der Waals surface area (Å²) in [7, 11) is 1.90. The second-order valence-electron chi connectivity index (χ2n) is 5.32. The predicted molar refractivity (Wildman–Crippen MR) is 69.2 cm³/mol. The lowest BCUT2D eigenvalue weighted by Gasteiger charge is -2.19. The van der Waals surface area contributed by atoms with E-state index in [-0.39, 0.29) is 12.1 Å². The first-order valence-electron chi connectivity index (χ1n) is 6.61. The Morgan fingerprint density at radius 2 is 2.39 bits per heavy atom. The van der Waals surface area contributed by atoms with Crippen LogP contribution in [0.25, 0.3) is 0 Å². The minimum absolute atomic E-state index is 0.160. The average molecular weight is 248 g/mol. The Morgan fingerprint density at radius 1 is 1.50 bits per heavy atom. The van der Waals surface area contributed by atoms with E-state index >= 15 is 0 Å². The highest BCUT2D eigenvalue weighted by Crippen LogP contribution is 2.28. The summed E-state index contributed by atoms with van der Waals surface area (Å²) in [5.74, 6) is 0.618. The Balaban J connectivity index is 1.68. The van der Waals surface area contributed by atoms with E-state index < -0.39 is 0 Å². The van der Waals surface area contributed by atoms with E-state index in [0.29, 0.717) is 5.92 Å². The largest absolute Gasteiger partial charge is 0.367 e. The van der Waals surface area contributed by atoms with Crippen molar-refractivity contribution in [2.24, 2.45) is 5.92 Å². The van der Waals surface area contributed by atoms with Crippen LogP contribution < -0.4 is 5.32 Å². The van der Waals surface area contributed by atoms with Gasteiger partial charge in [-0.3, -0.25) is 0 Å². The molecule has 3 rings (SSSR count). The molecular formula is C13H20N4O. The van der Waals surface area contributed by atoms with Crippen LogP contribution in [0.2, 0.25) is 0 Å². The zero-order chi connectivity index (χ0) is 12.5. The zero-order valence-electron chi connectivity index (χ0n) is 10.7. The predicted octanol–water partition coefficient (Wildman–Crippen LogP) is 1.03. The molecule has 2 saturated heterocycles. The fourth-order valence-electron chi connectivity index (χ4n) is 2.97. The van der Waals surface area contributed by atoms with Gasteiger partial charge in [0.25, 0.3) is 0 Å². The summed E-state index contributed by atoms with van der Waals surface area (Å²) in [4.78, 5) is 19.1. The SMILES string of the molecule is CN1C(=O)N(CC2CCNC2)CC1c1cc[nH]c1. The van der Waals surface area contributed by atoms with Crippen molar-refractivity contribution in [2.75, 3.05) is 33.2 Å². The van der Waals surface area contributed by atoms with Crippen LogP contribution in [0.15, 0.2) is 18.5 Å². The maximum atomic E-state index is 12.2. The third kappa shape index (κ3) is 1.99. The second kappa shape index (κ2) is 4.65. The fourth-order valence-corrected chi connectivity index (χ4v) is 2.97. The number of aromatic nitrogens is 1. The van der Waals surface area contributed by atoms with Crippen molar-refractivity contribution in [3.05, 3.63) is 24.0 Å². The van der Waals surface area contributed by atoms with Crippen LogP contribution >= 0.6 is 0 Å². The monoisotopic (exact) mass is 248 g/mol. The number of aromatic amines is 1. The smallest absolute Gasteiger partial charge is 0.320 e. The van der Waals surface area contributed by atoms with Gasteiger partial charge in [-0.05, 0) is 37.1 Å². The van der Waals surface area contributed by atoms with Crippen LogP contribution in [0.4, 0.5) is 4.79 Å². The number of nitrogens with zero attached hydrogens (tertiary/aromatic N) is 2. The number of likely N-dealkylation sites (N-methyl/N-ethyl adjacent to an activating group) is 1. The van der Waals surface area contributed by atoms with Crippen molar-refractivity contribution in [3.8, 4) is 0 Å². The van der Waals surface area contributed by atoms with Crippen molar-refractivity contribution in [3.63, 3.8) is 0 Å². The van der Waals surface area contributed by atoms with Gasteiger partial charge in [-0.15, -0.1) is 0 Å². The van der Waals surface area contributed by atoms with Crippen molar-refractivity contribution in [1.82, 2.24) is 20.1 Å². The highest BCUT2D eigenvalue weighted by Gasteiger charge is 2.36. The first-order valence-corrected chi connectivity index (χ1v) is 6.61. The molecular weight excluding hydrogens is 228 g/mol. The third-order valence-corrected chi connectivity index (χ3v) is 4.08. The van der Waals surface area contributed by atoms with Crippen molar-refractivity contribution < 1.29 is 4.79 Å². The molecule has 2 aliphatic rings. The topological polar surface area (TPSA) is 51.4 Å². The Hall–Kier alpha value is -1.49. The second-order valence-corrected chi connectivity index (χ2v) is 5.32. The summed E-state index contributed by atoms with van der Waals surface area (Å²) in [5.41, 5.74) is 1.19. The van der Waals surface area contributed by atoms with Gasteiger partial charge in [0.2, 0.25) is 0 Å². The standard InChI is InChI=1S/C13H20N4O/c1-16-12(11-3-5-15-7-11)9-17(13(16)18)8-10-2-4-14-6-10/h3,5,7,10,12,14-15H,2,4,6,8-9H2,1H3. The van der Waals surface area contributed by atoms with Gasteiger partial charge in [0.15, 0.2) is 0 Å². The summed E-state index contributed by atoms with van der Waals surface area (Å²) >= 11 is 0. The highest BCUT2D eigenvalue weighted by molar-refractivity contribution is 5.77. The first kappa shape index (κ1) is 11.6. The molecule has 1 aromatic heterocycles. The summed E-state index contributed by atoms with van der Waals surface area (Å²) in [6, 6.07) is 2.40. The van der Waals surface area contributed by atoms with E-state index in [1.54, 1.807) is 0 Å². The lowest BCUT2D eigenvalue weighted by molar-refractivity contribution is 0.190. The van der Waals surface area contributed by atoms with E-state index in [2.05, 4.69) is 16.4 Å². The van der Waals surface area contributed by atoms with Crippen LogP contribution in [0.3, 0.4) is 0 Å². The molecule has 98 valence electrons.